The normalized spacial score (nSPS) is 12.4. The number of hydrogen-bond acceptors (Lipinski definition) is 6. The second-order valence-electron chi connectivity index (χ2n) is 6.77. The van der Waals surface area contributed by atoms with E-state index in [1.54, 1.807) is 4.90 Å². The van der Waals surface area contributed by atoms with Crippen molar-refractivity contribution in [2.24, 2.45) is 5.92 Å². The average Bonchev–Trinajstić information content (AvgIpc) is 3.26. The van der Waals surface area contributed by atoms with Gasteiger partial charge in [0, 0.05) is 24.0 Å². The quantitative estimate of drug-likeness (QED) is 0.745. The van der Waals surface area contributed by atoms with Gasteiger partial charge in [-0.15, -0.1) is 11.3 Å². The molecule has 1 aromatic heterocycles. The molecule has 0 spiro atoms. The van der Waals surface area contributed by atoms with Crippen molar-refractivity contribution in [1.82, 2.24) is 9.88 Å². The molecule has 2 heterocycles. The van der Waals surface area contributed by atoms with Gasteiger partial charge >= 0.3 is 5.97 Å². The van der Waals surface area contributed by atoms with Crippen LogP contribution in [0.3, 0.4) is 0 Å². The van der Waals surface area contributed by atoms with Crippen LogP contribution in [0.2, 0.25) is 0 Å². The Labute approximate surface area is 161 Å². The Morgan fingerprint density at radius 1 is 1.30 bits per heavy atom. The van der Waals surface area contributed by atoms with E-state index < -0.39 is 5.97 Å². The number of amides is 1. The van der Waals surface area contributed by atoms with Crippen molar-refractivity contribution < 1.29 is 24.2 Å². The zero-order chi connectivity index (χ0) is 19.4. The molecule has 0 aliphatic carbocycles. The molecule has 0 saturated heterocycles. The third-order valence-electron chi connectivity index (χ3n) is 4.04. The number of carbonyl (C=O) groups is 2. The minimum atomic E-state index is -0.907. The first-order chi connectivity index (χ1) is 12.9. The highest BCUT2D eigenvalue weighted by atomic mass is 32.1. The Balaban J connectivity index is 1.68. The van der Waals surface area contributed by atoms with Crippen molar-refractivity contribution in [3.8, 4) is 22.1 Å². The number of nitrogens with zero attached hydrogens (tertiary/aromatic N) is 2. The number of rotatable bonds is 8. The van der Waals surface area contributed by atoms with E-state index >= 15 is 0 Å². The van der Waals surface area contributed by atoms with E-state index in [1.165, 1.54) is 11.3 Å². The van der Waals surface area contributed by atoms with Crippen LogP contribution in [0.25, 0.3) is 10.6 Å². The number of benzene rings is 1. The first-order valence-electron chi connectivity index (χ1n) is 8.76. The lowest BCUT2D eigenvalue weighted by molar-refractivity contribution is -0.138. The highest BCUT2D eigenvalue weighted by Crippen LogP contribution is 2.36. The zero-order valence-corrected chi connectivity index (χ0v) is 16.1. The molecule has 1 aliphatic rings. The summed E-state index contributed by atoms with van der Waals surface area (Å²) in [5.41, 5.74) is 1.59. The summed E-state index contributed by atoms with van der Waals surface area (Å²) in [6.45, 7) is 4.97. The Morgan fingerprint density at radius 2 is 2.07 bits per heavy atom. The zero-order valence-electron chi connectivity index (χ0n) is 15.3. The van der Waals surface area contributed by atoms with Crippen molar-refractivity contribution in [3.05, 3.63) is 29.3 Å². The van der Waals surface area contributed by atoms with Gasteiger partial charge in [0.2, 0.25) is 12.7 Å². The molecule has 0 saturated carbocycles. The van der Waals surface area contributed by atoms with Gasteiger partial charge in [0.25, 0.3) is 0 Å². The van der Waals surface area contributed by atoms with E-state index in [0.717, 1.165) is 10.6 Å². The first-order valence-corrected chi connectivity index (χ1v) is 9.64. The van der Waals surface area contributed by atoms with Crippen LogP contribution in [0.5, 0.6) is 11.5 Å². The molecule has 2 aromatic rings. The lowest BCUT2D eigenvalue weighted by Crippen LogP contribution is -2.37. The van der Waals surface area contributed by atoms with Crippen LogP contribution in [-0.4, -0.2) is 46.7 Å². The minimum Gasteiger partial charge on any atom is -0.481 e. The highest BCUT2D eigenvalue weighted by molar-refractivity contribution is 7.13. The summed E-state index contributed by atoms with van der Waals surface area (Å²) in [7, 11) is 0. The number of fused-ring (bicyclic) bond motifs is 1. The fourth-order valence-electron chi connectivity index (χ4n) is 2.81. The standard InChI is InChI=1S/C19H22N2O5S/c1-12(2)9-21(6-5-18(23)24)17(22)8-14-10-27-19(20-14)13-3-4-15-16(7-13)26-11-25-15/h3-4,7,10,12H,5-6,8-9,11H2,1-2H3,(H,23,24). The van der Waals surface area contributed by atoms with Gasteiger partial charge in [-0.3, -0.25) is 9.59 Å². The molecule has 3 rings (SSSR count). The summed E-state index contributed by atoms with van der Waals surface area (Å²) in [5.74, 6) is 0.663. The van der Waals surface area contributed by atoms with Crippen molar-refractivity contribution in [3.63, 3.8) is 0 Å². The SMILES string of the molecule is CC(C)CN(CCC(=O)O)C(=O)Cc1csc(-c2ccc3c(c2)OCO3)n1. The molecule has 0 fully saturated rings. The average molecular weight is 390 g/mol. The number of hydrogen-bond donors (Lipinski definition) is 1. The van der Waals surface area contributed by atoms with Crippen molar-refractivity contribution >= 4 is 23.2 Å². The summed E-state index contributed by atoms with van der Waals surface area (Å²) in [6.07, 6.45) is 0.103. The summed E-state index contributed by atoms with van der Waals surface area (Å²) < 4.78 is 10.7. The van der Waals surface area contributed by atoms with E-state index in [2.05, 4.69) is 4.98 Å². The lowest BCUT2D eigenvalue weighted by atomic mass is 10.2. The molecule has 1 aromatic carbocycles. The van der Waals surface area contributed by atoms with Gasteiger partial charge in [-0.2, -0.15) is 0 Å². The fourth-order valence-corrected chi connectivity index (χ4v) is 3.62. The van der Waals surface area contributed by atoms with E-state index in [0.29, 0.717) is 23.7 Å². The molecule has 0 radical (unpaired) electrons. The van der Waals surface area contributed by atoms with Crippen LogP contribution in [0, 0.1) is 5.92 Å². The summed E-state index contributed by atoms with van der Waals surface area (Å²) in [6, 6.07) is 5.64. The fraction of sp³-hybridized carbons (Fsp3) is 0.421. The van der Waals surface area contributed by atoms with Crippen molar-refractivity contribution in [2.45, 2.75) is 26.7 Å². The van der Waals surface area contributed by atoms with Crippen LogP contribution in [0.1, 0.15) is 26.0 Å². The largest absolute Gasteiger partial charge is 0.481 e. The van der Waals surface area contributed by atoms with E-state index in [9.17, 15) is 9.59 Å². The maximum Gasteiger partial charge on any atom is 0.305 e. The lowest BCUT2D eigenvalue weighted by Gasteiger charge is -2.23. The van der Waals surface area contributed by atoms with Crippen molar-refractivity contribution in [1.29, 1.82) is 0 Å². The number of carboxylic acids is 1. The maximum absolute atomic E-state index is 12.6. The van der Waals surface area contributed by atoms with E-state index in [4.69, 9.17) is 14.6 Å². The Bertz CT molecular complexity index is 833. The Hall–Kier alpha value is -2.61. The van der Waals surface area contributed by atoms with Crippen LogP contribution in [0.4, 0.5) is 0 Å². The molecule has 0 atom stereocenters. The van der Waals surface area contributed by atoms with Gasteiger partial charge in [-0.1, -0.05) is 13.8 Å². The smallest absolute Gasteiger partial charge is 0.305 e. The molecule has 144 valence electrons. The predicted octanol–water partition coefficient (Wildman–Crippen LogP) is 3.04. The Kier molecular flexibility index (Phi) is 5.95. The predicted molar refractivity (Wildman–Crippen MR) is 101 cm³/mol. The second kappa shape index (κ2) is 8.39. The van der Waals surface area contributed by atoms with Crippen LogP contribution in [-0.2, 0) is 16.0 Å². The topological polar surface area (TPSA) is 89.0 Å². The van der Waals surface area contributed by atoms with E-state index in [-0.39, 0.29) is 38.0 Å². The van der Waals surface area contributed by atoms with Crippen molar-refractivity contribution in [2.75, 3.05) is 19.9 Å². The Morgan fingerprint density at radius 3 is 2.81 bits per heavy atom. The van der Waals surface area contributed by atoms with Gasteiger partial charge in [0.05, 0.1) is 18.5 Å². The third kappa shape index (κ3) is 4.97. The molecule has 0 bridgehead atoms. The molecule has 8 heteroatoms. The van der Waals surface area contributed by atoms with Crippen LogP contribution < -0.4 is 9.47 Å². The van der Waals surface area contributed by atoms with Gasteiger partial charge in [-0.25, -0.2) is 4.98 Å². The maximum atomic E-state index is 12.6. The number of carbonyl (C=O) groups excluding carboxylic acids is 1. The molecule has 1 aliphatic heterocycles. The second-order valence-corrected chi connectivity index (χ2v) is 7.62. The van der Waals surface area contributed by atoms with Gasteiger partial charge in [0.15, 0.2) is 11.5 Å². The molecule has 27 heavy (non-hydrogen) atoms. The minimum absolute atomic E-state index is 0.0576. The number of carboxylic acid groups (broad SMARTS) is 1. The number of aliphatic carboxylic acids is 1. The highest BCUT2D eigenvalue weighted by Gasteiger charge is 2.19. The van der Waals surface area contributed by atoms with Crippen LogP contribution >= 0.6 is 11.3 Å². The molecule has 1 N–H and O–H groups in total. The third-order valence-corrected chi connectivity index (χ3v) is 4.98. The first kappa shape index (κ1) is 19.2. The van der Waals surface area contributed by atoms with Gasteiger partial charge in [-0.05, 0) is 24.1 Å². The summed E-state index contributed by atoms with van der Waals surface area (Å²) in [5, 5.41) is 11.6. The molecular weight excluding hydrogens is 368 g/mol. The monoisotopic (exact) mass is 390 g/mol. The number of thiazole rings is 1. The van der Waals surface area contributed by atoms with E-state index in [1.807, 2.05) is 37.4 Å². The molecular formula is C19H22N2O5S. The molecule has 1 amide bonds. The molecule has 0 unspecified atom stereocenters. The summed E-state index contributed by atoms with van der Waals surface area (Å²) in [4.78, 5) is 29.6. The number of aromatic nitrogens is 1. The van der Waals surface area contributed by atoms with Crippen LogP contribution in [0.15, 0.2) is 23.6 Å². The van der Waals surface area contributed by atoms with Gasteiger partial charge in [0.1, 0.15) is 5.01 Å². The van der Waals surface area contributed by atoms with Gasteiger partial charge < -0.3 is 19.5 Å². The molecule has 7 nitrogen and oxygen atoms in total. The summed E-state index contributed by atoms with van der Waals surface area (Å²) >= 11 is 1.46. The number of ether oxygens (including phenoxy) is 2.